The average molecular weight is 305 g/mol. The molecule has 1 amide bonds. The second kappa shape index (κ2) is 7.10. The van der Waals surface area contributed by atoms with Crippen molar-refractivity contribution >= 4 is 18.3 Å². The summed E-state index contributed by atoms with van der Waals surface area (Å²) in [7, 11) is 1.71. The molecule has 5 heteroatoms. The zero-order chi connectivity index (χ0) is 14.0. The minimum atomic E-state index is 0. The predicted octanol–water partition coefficient (Wildman–Crippen LogP) is 2.07. The molecule has 1 N–H and O–H groups in total. The van der Waals surface area contributed by atoms with Crippen molar-refractivity contribution in [1.82, 2.24) is 10.2 Å². The first-order valence-corrected chi connectivity index (χ1v) is 7.54. The number of rotatable bonds is 5. The number of carbonyl (C=O) groups excluding carboxylic acids is 1. The van der Waals surface area contributed by atoms with Crippen molar-refractivity contribution in [2.24, 2.45) is 11.3 Å². The summed E-state index contributed by atoms with van der Waals surface area (Å²) < 4.78 is 5.31. The van der Waals surface area contributed by atoms with E-state index in [-0.39, 0.29) is 30.5 Å². The maximum Gasteiger partial charge on any atom is 0.226 e. The van der Waals surface area contributed by atoms with Crippen LogP contribution < -0.4 is 5.32 Å². The largest absolute Gasteiger partial charge is 0.380 e. The molecule has 1 heterocycles. The fourth-order valence-corrected chi connectivity index (χ4v) is 3.28. The fraction of sp³-hybridized carbons (Fsp3) is 0.933. The van der Waals surface area contributed by atoms with Gasteiger partial charge in [0.1, 0.15) is 0 Å². The summed E-state index contributed by atoms with van der Waals surface area (Å²) in [4.78, 5) is 14.7. The smallest absolute Gasteiger partial charge is 0.226 e. The summed E-state index contributed by atoms with van der Waals surface area (Å²) in [6.07, 6.45) is 3.52. The molecular formula is C15H29ClN2O2. The molecule has 2 atom stereocenters. The van der Waals surface area contributed by atoms with Gasteiger partial charge in [-0.3, -0.25) is 4.79 Å². The minimum absolute atomic E-state index is 0. The molecule has 1 aliphatic carbocycles. The van der Waals surface area contributed by atoms with Crippen LogP contribution in [0, 0.1) is 11.3 Å². The van der Waals surface area contributed by atoms with Gasteiger partial charge in [-0.05, 0) is 58.5 Å². The molecule has 2 aliphatic rings. The number of halogens is 1. The number of ether oxygens (including phenoxy) is 1. The molecule has 0 bridgehead atoms. The highest BCUT2D eigenvalue weighted by molar-refractivity contribution is 5.85. The van der Waals surface area contributed by atoms with Crippen LogP contribution >= 0.6 is 12.4 Å². The minimum Gasteiger partial charge on any atom is -0.380 e. The van der Waals surface area contributed by atoms with E-state index in [0.29, 0.717) is 17.9 Å². The van der Waals surface area contributed by atoms with E-state index in [1.165, 1.54) is 0 Å². The first-order valence-electron chi connectivity index (χ1n) is 7.54. The van der Waals surface area contributed by atoms with Crippen molar-refractivity contribution in [3.8, 4) is 0 Å². The summed E-state index contributed by atoms with van der Waals surface area (Å²) in [5.74, 6) is 0.613. The monoisotopic (exact) mass is 304 g/mol. The van der Waals surface area contributed by atoms with E-state index in [0.717, 1.165) is 32.4 Å². The molecule has 1 saturated heterocycles. The molecule has 2 rings (SSSR count). The molecule has 4 nitrogen and oxygen atoms in total. The summed E-state index contributed by atoms with van der Waals surface area (Å²) in [6, 6.07) is 0.254. The van der Waals surface area contributed by atoms with Crippen molar-refractivity contribution in [3.05, 3.63) is 0 Å². The lowest BCUT2D eigenvalue weighted by Gasteiger charge is -2.31. The number of methoxy groups -OCH3 is 1. The summed E-state index contributed by atoms with van der Waals surface area (Å²) >= 11 is 0. The SMILES string of the molecule is COC(C)CN(C(=O)C1CC12CCNCC2)C(C)C.Cl. The maximum atomic E-state index is 12.7. The Labute approximate surface area is 129 Å². The fourth-order valence-electron chi connectivity index (χ4n) is 3.28. The first-order chi connectivity index (χ1) is 9.00. The van der Waals surface area contributed by atoms with Gasteiger partial charge >= 0.3 is 0 Å². The summed E-state index contributed by atoms with van der Waals surface area (Å²) in [5.41, 5.74) is 0.325. The molecule has 0 aromatic carbocycles. The molecule has 118 valence electrons. The van der Waals surface area contributed by atoms with Crippen LogP contribution in [-0.2, 0) is 9.53 Å². The lowest BCUT2D eigenvalue weighted by atomic mass is 9.91. The van der Waals surface area contributed by atoms with E-state index in [1.807, 2.05) is 11.8 Å². The highest BCUT2D eigenvalue weighted by Crippen LogP contribution is 2.59. The second-order valence-electron chi connectivity index (χ2n) is 6.50. The topological polar surface area (TPSA) is 41.6 Å². The van der Waals surface area contributed by atoms with Crippen molar-refractivity contribution in [1.29, 1.82) is 0 Å². The van der Waals surface area contributed by atoms with Crippen LogP contribution in [0.1, 0.15) is 40.0 Å². The zero-order valence-electron chi connectivity index (χ0n) is 13.1. The lowest BCUT2D eigenvalue weighted by molar-refractivity contribution is -0.137. The number of hydrogen-bond donors (Lipinski definition) is 1. The van der Waals surface area contributed by atoms with Gasteiger partial charge in [0.25, 0.3) is 0 Å². The highest BCUT2D eigenvalue weighted by atomic mass is 35.5. The number of amides is 1. The van der Waals surface area contributed by atoms with Gasteiger partial charge in [-0.15, -0.1) is 12.4 Å². The first kappa shape index (κ1) is 17.7. The molecule has 1 saturated carbocycles. The van der Waals surface area contributed by atoms with Crippen molar-refractivity contribution in [3.63, 3.8) is 0 Å². The molecule has 1 spiro atoms. The third-order valence-corrected chi connectivity index (χ3v) is 4.85. The van der Waals surface area contributed by atoms with Crippen molar-refractivity contribution in [2.45, 2.75) is 52.2 Å². The van der Waals surface area contributed by atoms with Gasteiger partial charge in [0.05, 0.1) is 6.10 Å². The number of carbonyl (C=O) groups is 1. The number of hydrogen-bond acceptors (Lipinski definition) is 3. The van der Waals surface area contributed by atoms with Crippen LogP contribution in [0.15, 0.2) is 0 Å². The number of nitrogens with one attached hydrogen (secondary N) is 1. The van der Waals surface area contributed by atoms with E-state index in [1.54, 1.807) is 7.11 Å². The van der Waals surface area contributed by atoms with E-state index >= 15 is 0 Å². The Balaban J connectivity index is 0.00000200. The lowest BCUT2D eigenvalue weighted by Crippen LogP contribution is -2.44. The highest BCUT2D eigenvalue weighted by Gasteiger charge is 2.58. The van der Waals surface area contributed by atoms with Crippen LogP contribution in [0.5, 0.6) is 0 Å². The van der Waals surface area contributed by atoms with Gasteiger partial charge in [-0.25, -0.2) is 0 Å². The van der Waals surface area contributed by atoms with Crippen LogP contribution in [-0.4, -0.2) is 49.7 Å². The van der Waals surface area contributed by atoms with Crippen LogP contribution in [0.25, 0.3) is 0 Å². The maximum absolute atomic E-state index is 12.7. The molecule has 1 aliphatic heterocycles. The van der Waals surface area contributed by atoms with Crippen LogP contribution in [0.2, 0.25) is 0 Å². The molecule has 0 radical (unpaired) electrons. The Bertz CT molecular complexity index is 330. The summed E-state index contributed by atoms with van der Waals surface area (Å²) in [5, 5.41) is 3.39. The Kier molecular flexibility index (Phi) is 6.29. The normalized spacial score (nSPS) is 25.1. The Morgan fingerprint density at radius 2 is 1.95 bits per heavy atom. The molecule has 0 aromatic rings. The van der Waals surface area contributed by atoms with Gasteiger partial charge in [0.2, 0.25) is 5.91 Å². The Morgan fingerprint density at radius 3 is 2.45 bits per heavy atom. The zero-order valence-corrected chi connectivity index (χ0v) is 14.0. The third kappa shape index (κ3) is 3.66. The molecule has 2 fully saturated rings. The second-order valence-corrected chi connectivity index (χ2v) is 6.50. The van der Waals surface area contributed by atoms with E-state index < -0.39 is 0 Å². The van der Waals surface area contributed by atoms with Gasteiger partial charge in [-0.2, -0.15) is 0 Å². The van der Waals surface area contributed by atoms with Gasteiger partial charge < -0.3 is 15.0 Å². The quantitative estimate of drug-likeness (QED) is 0.845. The Hall–Kier alpha value is -0.320. The standard InChI is InChI=1S/C15H28N2O2.ClH/c1-11(2)17(10-12(3)19-4)14(18)13-9-15(13)5-7-16-8-6-15;/h11-13,16H,5-10H2,1-4H3;1H. The van der Waals surface area contributed by atoms with Crippen LogP contribution in [0.3, 0.4) is 0 Å². The average Bonchev–Trinajstić information content (AvgIpc) is 3.08. The predicted molar refractivity (Wildman–Crippen MR) is 83.2 cm³/mol. The van der Waals surface area contributed by atoms with E-state index in [2.05, 4.69) is 19.2 Å². The molecule has 2 unspecified atom stereocenters. The molecule has 20 heavy (non-hydrogen) atoms. The number of piperidine rings is 1. The van der Waals surface area contributed by atoms with E-state index in [9.17, 15) is 4.79 Å². The van der Waals surface area contributed by atoms with Crippen LogP contribution in [0.4, 0.5) is 0 Å². The van der Waals surface area contributed by atoms with E-state index in [4.69, 9.17) is 4.74 Å². The van der Waals surface area contributed by atoms with Gasteiger partial charge in [0.15, 0.2) is 0 Å². The third-order valence-electron chi connectivity index (χ3n) is 4.85. The molecule has 0 aromatic heterocycles. The van der Waals surface area contributed by atoms with Gasteiger partial charge in [-0.1, -0.05) is 0 Å². The summed E-state index contributed by atoms with van der Waals surface area (Å²) in [6.45, 7) is 9.06. The van der Waals surface area contributed by atoms with Crippen molar-refractivity contribution < 1.29 is 9.53 Å². The van der Waals surface area contributed by atoms with Crippen molar-refractivity contribution in [2.75, 3.05) is 26.7 Å². The van der Waals surface area contributed by atoms with Gasteiger partial charge in [0, 0.05) is 25.6 Å². The molecular weight excluding hydrogens is 276 g/mol. The number of nitrogens with zero attached hydrogens (tertiary/aromatic N) is 1. The Morgan fingerprint density at radius 1 is 1.35 bits per heavy atom.